The Morgan fingerprint density at radius 1 is 1.11 bits per heavy atom. The molecule has 0 unspecified atom stereocenters. The third kappa shape index (κ3) is 4.46. The molecule has 0 radical (unpaired) electrons. The van der Waals surface area contributed by atoms with Gasteiger partial charge in [-0.1, -0.05) is 6.07 Å². The monoisotopic (exact) mass is 488 g/mol. The standard InChI is InChI=1S/C26H24N4O6/c1-15-11-16(2)24-20(12-15)28-26(36-24)19-14-18(4-6-23(19)31)27-25(32)17-3-5-21(22(13-17)30(33)34)29-7-9-35-10-8-29/h3-6,11-14,31H,7-10H2,1-2H3,(H,27,32). The third-order valence-corrected chi connectivity index (χ3v) is 6.09. The summed E-state index contributed by atoms with van der Waals surface area (Å²) in [5.41, 5.74) is 4.40. The average molecular weight is 489 g/mol. The highest BCUT2D eigenvalue weighted by atomic mass is 16.6. The molecule has 0 saturated carbocycles. The molecule has 0 atom stereocenters. The molecule has 4 aromatic rings. The molecule has 5 rings (SSSR count). The fraction of sp³-hybridized carbons (Fsp3) is 0.231. The van der Waals surface area contributed by atoms with E-state index in [0.717, 1.165) is 11.1 Å². The van der Waals surface area contributed by atoms with Crippen molar-refractivity contribution in [2.45, 2.75) is 13.8 Å². The second kappa shape index (κ2) is 9.31. The van der Waals surface area contributed by atoms with Crippen molar-refractivity contribution in [3.63, 3.8) is 0 Å². The average Bonchev–Trinajstić information content (AvgIpc) is 3.29. The molecule has 2 heterocycles. The van der Waals surface area contributed by atoms with Crippen molar-refractivity contribution in [2.24, 2.45) is 0 Å². The molecule has 184 valence electrons. The maximum atomic E-state index is 13.0. The summed E-state index contributed by atoms with van der Waals surface area (Å²) >= 11 is 0. The molecule has 1 saturated heterocycles. The number of amides is 1. The summed E-state index contributed by atoms with van der Waals surface area (Å²) in [4.78, 5) is 30.6. The summed E-state index contributed by atoms with van der Waals surface area (Å²) in [6, 6.07) is 12.8. The molecular weight excluding hydrogens is 464 g/mol. The van der Waals surface area contributed by atoms with Crippen LogP contribution in [0.4, 0.5) is 17.1 Å². The van der Waals surface area contributed by atoms with Gasteiger partial charge in [0.1, 0.15) is 17.0 Å². The highest BCUT2D eigenvalue weighted by Gasteiger charge is 2.24. The van der Waals surface area contributed by atoms with Gasteiger partial charge < -0.3 is 24.5 Å². The van der Waals surface area contributed by atoms with Crippen LogP contribution in [-0.4, -0.2) is 47.2 Å². The van der Waals surface area contributed by atoms with E-state index in [1.807, 2.05) is 30.9 Å². The Labute approximate surface area is 206 Å². The lowest BCUT2D eigenvalue weighted by molar-refractivity contribution is -0.384. The van der Waals surface area contributed by atoms with Crippen molar-refractivity contribution >= 4 is 34.1 Å². The Balaban J connectivity index is 1.43. The summed E-state index contributed by atoms with van der Waals surface area (Å²) in [5.74, 6) is -0.357. The van der Waals surface area contributed by atoms with Crippen LogP contribution < -0.4 is 10.2 Å². The Morgan fingerprint density at radius 3 is 2.64 bits per heavy atom. The molecule has 1 aliphatic rings. The molecule has 10 nitrogen and oxygen atoms in total. The molecule has 0 aliphatic carbocycles. The van der Waals surface area contributed by atoms with E-state index in [2.05, 4.69) is 10.3 Å². The van der Waals surface area contributed by atoms with E-state index in [-0.39, 0.29) is 22.9 Å². The number of morpholine rings is 1. The van der Waals surface area contributed by atoms with Gasteiger partial charge in [0.05, 0.1) is 23.7 Å². The number of rotatable bonds is 5. The summed E-state index contributed by atoms with van der Waals surface area (Å²) in [5, 5.41) is 24.9. The SMILES string of the molecule is Cc1cc(C)c2oc(-c3cc(NC(=O)c4ccc(N5CCOCC5)c([N+](=O)[O-])c4)ccc3O)nc2c1. The minimum atomic E-state index is -0.521. The first-order valence-electron chi connectivity index (χ1n) is 11.4. The lowest BCUT2D eigenvalue weighted by atomic mass is 10.1. The zero-order chi connectivity index (χ0) is 25.4. The molecule has 3 aromatic carbocycles. The molecule has 1 fully saturated rings. The molecule has 0 spiro atoms. The number of nitrogens with zero attached hydrogens (tertiary/aromatic N) is 3. The summed E-state index contributed by atoms with van der Waals surface area (Å²) in [7, 11) is 0. The number of anilines is 2. The zero-order valence-electron chi connectivity index (χ0n) is 19.8. The zero-order valence-corrected chi connectivity index (χ0v) is 19.8. The molecule has 36 heavy (non-hydrogen) atoms. The van der Waals surface area contributed by atoms with Crippen LogP contribution >= 0.6 is 0 Å². The number of aromatic hydroxyl groups is 1. The summed E-state index contributed by atoms with van der Waals surface area (Å²) in [6.07, 6.45) is 0. The minimum Gasteiger partial charge on any atom is -0.507 e. The van der Waals surface area contributed by atoms with Crippen molar-refractivity contribution < 1.29 is 24.0 Å². The van der Waals surface area contributed by atoms with E-state index in [1.165, 1.54) is 18.2 Å². The van der Waals surface area contributed by atoms with Gasteiger partial charge >= 0.3 is 0 Å². The fourth-order valence-electron chi connectivity index (χ4n) is 4.36. The first-order chi connectivity index (χ1) is 17.3. The largest absolute Gasteiger partial charge is 0.507 e. The van der Waals surface area contributed by atoms with Crippen LogP contribution in [0, 0.1) is 24.0 Å². The van der Waals surface area contributed by atoms with E-state index < -0.39 is 10.8 Å². The molecular formula is C26H24N4O6. The van der Waals surface area contributed by atoms with Crippen LogP contribution in [-0.2, 0) is 4.74 Å². The maximum Gasteiger partial charge on any atom is 0.293 e. The smallest absolute Gasteiger partial charge is 0.293 e. The summed E-state index contributed by atoms with van der Waals surface area (Å²) in [6.45, 7) is 5.94. The first kappa shape index (κ1) is 23.3. The number of aryl methyl sites for hydroxylation is 2. The number of nitrogens with one attached hydrogen (secondary N) is 1. The number of benzene rings is 3. The van der Waals surface area contributed by atoms with Gasteiger partial charge in [0.25, 0.3) is 11.6 Å². The predicted molar refractivity (Wildman–Crippen MR) is 135 cm³/mol. The Bertz CT molecular complexity index is 1490. The Morgan fingerprint density at radius 2 is 1.89 bits per heavy atom. The van der Waals surface area contributed by atoms with Crippen molar-refractivity contribution in [3.8, 4) is 17.2 Å². The normalized spacial score (nSPS) is 13.7. The van der Waals surface area contributed by atoms with Gasteiger partial charge in [0.15, 0.2) is 5.58 Å². The van der Waals surface area contributed by atoms with Gasteiger partial charge in [0.2, 0.25) is 5.89 Å². The lowest BCUT2D eigenvalue weighted by Gasteiger charge is -2.28. The Kier molecular flexibility index (Phi) is 6.03. The summed E-state index contributed by atoms with van der Waals surface area (Å²) < 4.78 is 11.2. The van der Waals surface area contributed by atoms with Crippen molar-refractivity contribution in [2.75, 3.05) is 36.5 Å². The lowest BCUT2D eigenvalue weighted by Crippen LogP contribution is -2.36. The molecule has 1 amide bonds. The molecule has 0 bridgehead atoms. The van der Waals surface area contributed by atoms with Crippen LogP contribution in [0.25, 0.3) is 22.6 Å². The van der Waals surface area contributed by atoms with Crippen LogP contribution in [0.2, 0.25) is 0 Å². The van der Waals surface area contributed by atoms with Crippen molar-refractivity contribution in [3.05, 3.63) is 75.3 Å². The Hall–Kier alpha value is -4.44. The minimum absolute atomic E-state index is 0.0561. The molecule has 1 aliphatic heterocycles. The number of hydrogen-bond donors (Lipinski definition) is 2. The van der Waals surface area contributed by atoms with Gasteiger partial charge in [-0.05, 0) is 61.4 Å². The van der Waals surface area contributed by atoms with Crippen LogP contribution in [0.5, 0.6) is 5.75 Å². The topological polar surface area (TPSA) is 131 Å². The number of phenolic OH excluding ortho intramolecular Hbond substituents is 1. The van der Waals surface area contributed by atoms with Crippen molar-refractivity contribution in [1.82, 2.24) is 4.98 Å². The number of carbonyl (C=O) groups is 1. The molecule has 2 N–H and O–H groups in total. The maximum absolute atomic E-state index is 13.0. The van der Waals surface area contributed by atoms with E-state index in [0.29, 0.717) is 54.3 Å². The first-order valence-corrected chi connectivity index (χ1v) is 11.4. The van der Waals surface area contributed by atoms with E-state index in [9.17, 15) is 20.0 Å². The number of carbonyl (C=O) groups excluding carboxylic acids is 1. The number of phenols is 1. The van der Waals surface area contributed by atoms with Crippen LogP contribution in [0.1, 0.15) is 21.5 Å². The highest BCUT2D eigenvalue weighted by molar-refractivity contribution is 6.05. The fourth-order valence-corrected chi connectivity index (χ4v) is 4.36. The van der Waals surface area contributed by atoms with Gasteiger partial charge in [-0.3, -0.25) is 14.9 Å². The van der Waals surface area contributed by atoms with Gasteiger partial charge in [-0.2, -0.15) is 0 Å². The van der Waals surface area contributed by atoms with Gasteiger partial charge in [-0.25, -0.2) is 4.98 Å². The molecule has 1 aromatic heterocycles. The number of nitro groups is 1. The second-order valence-corrected chi connectivity index (χ2v) is 8.70. The van der Waals surface area contributed by atoms with E-state index in [1.54, 1.807) is 18.2 Å². The second-order valence-electron chi connectivity index (χ2n) is 8.70. The number of fused-ring (bicyclic) bond motifs is 1. The quantitative estimate of drug-likeness (QED) is 0.232. The van der Waals surface area contributed by atoms with E-state index >= 15 is 0 Å². The number of aromatic nitrogens is 1. The highest BCUT2D eigenvalue weighted by Crippen LogP contribution is 2.35. The van der Waals surface area contributed by atoms with Crippen LogP contribution in [0.3, 0.4) is 0 Å². The van der Waals surface area contributed by atoms with Crippen molar-refractivity contribution in [1.29, 1.82) is 0 Å². The number of nitro benzene ring substituents is 1. The predicted octanol–water partition coefficient (Wildman–Crippen LogP) is 4.81. The third-order valence-electron chi connectivity index (χ3n) is 6.09. The number of oxazole rings is 1. The number of hydrogen-bond acceptors (Lipinski definition) is 8. The van der Waals surface area contributed by atoms with Gasteiger partial charge in [0, 0.05) is 30.4 Å². The molecule has 10 heteroatoms. The number of ether oxygens (including phenoxy) is 1. The van der Waals surface area contributed by atoms with Gasteiger partial charge in [-0.15, -0.1) is 0 Å². The van der Waals surface area contributed by atoms with E-state index in [4.69, 9.17) is 9.15 Å². The van der Waals surface area contributed by atoms with Crippen LogP contribution in [0.15, 0.2) is 52.9 Å².